The number of hydrogen-bond acceptors (Lipinski definition) is 17. The highest BCUT2D eigenvalue weighted by atomic mass is 31.3. The number of aliphatic hydroxyl groups is 2. The number of aromatic carboxylic acids is 1. The molecule has 2 unspecified atom stereocenters. The number of aliphatic hydroxyl groups excluding tert-OH is 2. The highest BCUT2D eigenvalue weighted by molar-refractivity contribution is 7.66. The molecule has 1 aliphatic carbocycles. The van der Waals surface area contributed by atoms with E-state index in [1.165, 1.54) is 12.1 Å². The summed E-state index contributed by atoms with van der Waals surface area (Å²) in [6.45, 7) is 7.40. The molecule has 1 fully saturated rings. The van der Waals surface area contributed by atoms with Gasteiger partial charge < -0.3 is 60.4 Å². The maximum absolute atomic E-state index is 13.4. The number of fused-ring (bicyclic) bond motifs is 2. The van der Waals surface area contributed by atoms with Gasteiger partial charge in [0.2, 0.25) is 0 Å². The topological polar surface area (TPSA) is 374 Å². The van der Waals surface area contributed by atoms with Crippen LogP contribution in [0.3, 0.4) is 0 Å². The summed E-state index contributed by atoms with van der Waals surface area (Å²) in [6, 6.07) is 11.7. The fourth-order valence-electron chi connectivity index (χ4n) is 6.97. The van der Waals surface area contributed by atoms with Gasteiger partial charge in [0, 0.05) is 59.2 Å². The van der Waals surface area contributed by atoms with Gasteiger partial charge >= 0.3 is 35.1 Å². The number of aromatic nitrogens is 2. The monoisotopic (exact) mass is 976 g/mol. The Morgan fingerprint density at radius 1 is 0.970 bits per heavy atom. The molecular formula is C39H43N6O18P3. The number of carbonyl (C=O) groups excluding carboxylic acids is 1. The first kappa shape index (κ1) is 49.8. The van der Waals surface area contributed by atoms with Crippen LogP contribution < -0.4 is 27.4 Å². The molecular weight excluding hydrogens is 933 g/mol. The van der Waals surface area contributed by atoms with E-state index >= 15 is 0 Å². The number of ether oxygens (including phenoxy) is 1. The molecule has 1 amide bonds. The van der Waals surface area contributed by atoms with E-state index in [0.717, 1.165) is 28.4 Å². The van der Waals surface area contributed by atoms with Crippen molar-refractivity contribution in [3.05, 3.63) is 92.3 Å². The van der Waals surface area contributed by atoms with Gasteiger partial charge in [-0.3, -0.25) is 18.9 Å². The zero-order chi connectivity index (χ0) is 48.5. The summed E-state index contributed by atoms with van der Waals surface area (Å²) in [5, 5.41) is 38.9. The Kier molecular flexibility index (Phi) is 14.9. The lowest BCUT2D eigenvalue weighted by atomic mass is 9.88. The number of rotatable bonds is 15. The smallest absolute Gasteiger partial charge is 0.478 e. The number of carboxylic acid groups (broad SMARTS) is 1. The standard InChI is InChI=1S/C39H43N6O18P3/c1-5-41-27-15-29-25(12-19(27)3)32(26-13-20(4)28(42-6-2)16-30(26)60-29)23-10-9-21(14-24(23)38(49)50)36(48)43-11-7-8-22-17-45(39(51)44-35(22)40)37-34(47)33(46)31(61-37)18-59-65(55,56)63-66(57,58)62-64(52,53)54/h9-10,12-17,31,33-34,37,41,46-47H,5-6,11,18H2,1-4H3,(H,43,48)(H,49,50)(H,55,56)(H,57,58)(H2,40,44,51)(H2,52,53,54)/t31-,33-,34-,37-/m1/s1. The van der Waals surface area contributed by atoms with Crippen molar-refractivity contribution in [2.24, 2.45) is 4.99 Å². The van der Waals surface area contributed by atoms with Crippen molar-refractivity contribution < 1.29 is 80.5 Å². The van der Waals surface area contributed by atoms with E-state index in [0.29, 0.717) is 51.1 Å². The summed E-state index contributed by atoms with van der Waals surface area (Å²) in [7, 11) is -17.2. The van der Waals surface area contributed by atoms with Crippen molar-refractivity contribution in [2.75, 3.05) is 37.3 Å². The van der Waals surface area contributed by atoms with Crippen LogP contribution in [-0.2, 0) is 31.6 Å². The number of phosphoric acid groups is 3. The summed E-state index contributed by atoms with van der Waals surface area (Å²) in [6.07, 6.45) is -6.34. The molecule has 27 heteroatoms. The molecule has 3 heterocycles. The largest absolute Gasteiger partial charge is 0.490 e. The first-order valence-corrected chi connectivity index (χ1v) is 24.0. The number of aryl methyl sites for hydroxylation is 2. The average molecular weight is 977 g/mol. The summed E-state index contributed by atoms with van der Waals surface area (Å²) >= 11 is 0. The number of carbonyl (C=O) groups is 2. The number of nitrogens with zero attached hydrogens (tertiary/aromatic N) is 3. The van der Waals surface area contributed by atoms with Gasteiger partial charge in [-0.25, -0.2) is 23.3 Å². The van der Waals surface area contributed by atoms with Crippen molar-refractivity contribution in [3.8, 4) is 34.3 Å². The first-order valence-electron chi connectivity index (χ1n) is 19.5. The zero-order valence-electron chi connectivity index (χ0n) is 35.1. The Balaban J connectivity index is 1.22. The van der Waals surface area contributed by atoms with E-state index in [4.69, 9.17) is 24.7 Å². The van der Waals surface area contributed by atoms with Gasteiger partial charge in [0.1, 0.15) is 35.5 Å². The van der Waals surface area contributed by atoms with Crippen LogP contribution in [0.5, 0.6) is 0 Å². The minimum atomic E-state index is -5.86. The maximum atomic E-state index is 13.4. The predicted molar refractivity (Wildman–Crippen MR) is 233 cm³/mol. The molecule has 3 aliphatic rings. The molecule has 1 aromatic heterocycles. The Morgan fingerprint density at radius 2 is 1.70 bits per heavy atom. The van der Waals surface area contributed by atoms with Gasteiger partial charge in [-0.1, -0.05) is 17.9 Å². The van der Waals surface area contributed by atoms with Gasteiger partial charge in [-0.05, 0) is 68.7 Å². The van der Waals surface area contributed by atoms with Gasteiger partial charge in [0.25, 0.3) is 5.91 Å². The number of phosphoric ester groups is 1. The van der Waals surface area contributed by atoms with Gasteiger partial charge in [0.15, 0.2) is 6.23 Å². The molecule has 0 radical (unpaired) electrons. The number of amides is 1. The molecule has 11 N–H and O–H groups in total. The van der Waals surface area contributed by atoms with Crippen LogP contribution in [0.4, 0.5) is 11.5 Å². The van der Waals surface area contributed by atoms with Crippen molar-refractivity contribution in [1.82, 2.24) is 14.9 Å². The lowest BCUT2D eigenvalue weighted by Gasteiger charge is -2.19. The number of nitrogens with two attached hydrogens (primary N) is 1. The quantitative estimate of drug-likeness (QED) is 0.0409. The van der Waals surface area contributed by atoms with E-state index in [1.807, 2.05) is 52.0 Å². The highest BCUT2D eigenvalue weighted by Crippen LogP contribution is 2.66. The van der Waals surface area contributed by atoms with Crippen molar-refractivity contribution >= 4 is 57.8 Å². The average Bonchev–Trinajstić information content (AvgIpc) is 3.49. The van der Waals surface area contributed by atoms with E-state index in [1.54, 1.807) is 6.07 Å². The minimum Gasteiger partial charge on any atom is -0.478 e. The lowest BCUT2D eigenvalue weighted by Crippen LogP contribution is -2.36. The molecule has 0 spiro atoms. The van der Waals surface area contributed by atoms with Crippen LogP contribution in [0.15, 0.2) is 62.9 Å². The SMILES string of the molecule is CCN=c1cc2oc3cc(NCC)c(C)cc3c(-c3ccc(C(=O)NCC#Cc4cn([C@@H]5O[C@H](COP(=O)(O)OP(=O)(O)OP(=O)(O)O)[C@@H](O)[C@H]5O)c(=O)nc4N)cc3C(=O)O)c-2cc1C. The van der Waals surface area contributed by atoms with Gasteiger partial charge in [-0.2, -0.15) is 13.6 Å². The summed E-state index contributed by atoms with van der Waals surface area (Å²) in [5.74, 6) is 3.32. The van der Waals surface area contributed by atoms with Crippen molar-refractivity contribution in [2.45, 2.75) is 52.2 Å². The number of anilines is 2. The number of nitrogens with one attached hydrogen (secondary N) is 2. The van der Waals surface area contributed by atoms with Crippen LogP contribution in [0.2, 0.25) is 0 Å². The zero-order valence-corrected chi connectivity index (χ0v) is 37.8. The second kappa shape index (κ2) is 19.7. The Hall–Kier alpha value is -5.60. The molecule has 3 aromatic rings. The van der Waals surface area contributed by atoms with E-state index in [9.17, 15) is 53.2 Å². The Morgan fingerprint density at radius 3 is 2.36 bits per heavy atom. The van der Waals surface area contributed by atoms with E-state index in [2.05, 4.69) is 45.6 Å². The van der Waals surface area contributed by atoms with Crippen LogP contribution in [0.1, 0.15) is 57.5 Å². The third-order valence-electron chi connectivity index (χ3n) is 9.83. The molecule has 6 rings (SSSR count). The summed E-state index contributed by atoms with van der Waals surface area (Å²) in [4.78, 5) is 83.8. The first-order chi connectivity index (χ1) is 30.9. The van der Waals surface area contributed by atoms with E-state index < -0.39 is 72.2 Å². The number of nitrogen functional groups attached to an aromatic ring is 1. The second-order valence-corrected chi connectivity index (χ2v) is 18.9. The Labute approximate surface area is 373 Å². The molecule has 2 aromatic carbocycles. The Bertz CT molecular complexity index is 3050. The predicted octanol–water partition coefficient (Wildman–Crippen LogP) is 2.75. The highest BCUT2D eigenvalue weighted by Gasteiger charge is 2.47. The van der Waals surface area contributed by atoms with Crippen molar-refractivity contribution in [1.29, 1.82) is 0 Å². The molecule has 6 atom stereocenters. The third-order valence-corrected chi connectivity index (χ3v) is 13.6. The fourth-order valence-corrected chi connectivity index (χ4v) is 10.0. The molecule has 0 bridgehead atoms. The van der Waals surface area contributed by atoms with Crippen molar-refractivity contribution in [3.63, 3.8) is 0 Å². The lowest BCUT2D eigenvalue weighted by molar-refractivity contribution is -0.0541. The summed E-state index contributed by atoms with van der Waals surface area (Å²) < 4.78 is 58.8. The molecule has 2 aliphatic heterocycles. The van der Waals surface area contributed by atoms with Crippen LogP contribution in [0.25, 0.3) is 33.4 Å². The van der Waals surface area contributed by atoms with Crippen LogP contribution >= 0.6 is 23.5 Å². The number of hydrogen-bond donors (Lipinski definition) is 10. The molecule has 1 saturated heterocycles. The second-order valence-electron chi connectivity index (χ2n) is 14.5. The molecule has 24 nitrogen and oxygen atoms in total. The van der Waals surface area contributed by atoms with Crippen LogP contribution in [0, 0.1) is 25.7 Å². The fraction of sp³-hybridized carbons (Fsp3) is 0.308. The molecule has 0 saturated carbocycles. The van der Waals surface area contributed by atoms with E-state index in [-0.39, 0.29) is 29.1 Å². The number of carboxylic acids is 1. The normalized spacial score (nSPS) is 19.5. The van der Waals surface area contributed by atoms with Gasteiger partial charge in [0.05, 0.1) is 29.6 Å². The molecule has 66 heavy (non-hydrogen) atoms. The van der Waals surface area contributed by atoms with Gasteiger partial charge in [-0.15, -0.1) is 0 Å². The number of benzene rings is 3. The minimum absolute atomic E-state index is 0.0128. The van der Waals surface area contributed by atoms with Crippen LogP contribution in [-0.4, -0.2) is 101 Å². The maximum Gasteiger partial charge on any atom is 0.490 e. The summed E-state index contributed by atoms with van der Waals surface area (Å²) in [5.41, 5.74) is 9.09. The molecule has 352 valence electrons. The third kappa shape index (κ3) is 11.3.